The standard InChI is InChI=1S/C20H16N4O/c21-15-18-8-6-16(7-9-18)3-1-4-17-10-13-24(14-11-17)20-19(23-25)5-2-12-22-20/h2,4-9,12H,10-11,13-14H2. The van der Waals surface area contributed by atoms with Gasteiger partial charge in [-0.1, -0.05) is 17.4 Å². The number of nitroso groups, excluding NO2 is 1. The average molecular weight is 328 g/mol. The second kappa shape index (κ2) is 7.90. The molecular formula is C20H16N4O. The molecule has 0 unspecified atom stereocenters. The minimum Gasteiger partial charge on any atom is -0.354 e. The zero-order chi connectivity index (χ0) is 17.5. The van der Waals surface area contributed by atoms with Crippen LogP contribution in [0, 0.1) is 28.1 Å². The number of allylic oxidation sites excluding steroid dienone is 1. The van der Waals surface area contributed by atoms with Gasteiger partial charge in [-0.15, -0.1) is 4.91 Å². The highest BCUT2D eigenvalue weighted by molar-refractivity contribution is 5.61. The molecular weight excluding hydrogens is 312 g/mol. The molecule has 122 valence electrons. The van der Waals surface area contributed by atoms with Gasteiger partial charge in [0.1, 0.15) is 5.69 Å². The number of aromatic nitrogens is 1. The van der Waals surface area contributed by atoms with Crippen LogP contribution in [-0.2, 0) is 0 Å². The summed E-state index contributed by atoms with van der Waals surface area (Å²) < 4.78 is 0. The molecule has 3 rings (SSSR count). The number of hydrogen-bond acceptors (Lipinski definition) is 5. The molecule has 1 aromatic carbocycles. The van der Waals surface area contributed by atoms with Crippen molar-refractivity contribution in [3.63, 3.8) is 0 Å². The molecule has 2 heterocycles. The number of rotatable bonds is 2. The molecule has 2 aromatic rings. The van der Waals surface area contributed by atoms with Crippen LogP contribution in [0.25, 0.3) is 0 Å². The molecule has 0 N–H and O–H groups in total. The fourth-order valence-electron chi connectivity index (χ4n) is 2.70. The van der Waals surface area contributed by atoms with E-state index in [0.29, 0.717) is 17.1 Å². The van der Waals surface area contributed by atoms with Crippen LogP contribution in [0.4, 0.5) is 11.5 Å². The molecule has 0 aliphatic carbocycles. The van der Waals surface area contributed by atoms with E-state index in [4.69, 9.17) is 5.26 Å². The highest BCUT2D eigenvalue weighted by atomic mass is 16.3. The first kappa shape index (κ1) is 16.4. The molecule has 1 saturated heterocycles. The summed E-state index contributed by atoms with van der Waals surface area (Å²) in [6, 6.07) is 12.7. The third-order valence-corrected chi connectivity index (χ3v) is 4.08. The van der Waals surface area contributed by atoms with Gasteiger partial charge in [-0.05, 0) is 60.5 Å². The third-order valence-electron chi connectivity index (χ3n) is 4.08. The van der Waals surface area contributed by atoms with E-state index in [0.717, 1.165) is 31.5 Å². The van der Waals surface area contributed by atoms with E-state index in [1.165, 1.54) is 5.57 Å². The zero-order valence-corrected chi connectivity index (χ0v) is 13.6. The monoisotopic (exact) mass is 328 g/mol. The zero-order valence-electron chi connectivity index (χ0n) is 13.6. The van der Waals surface area contributed by atoms with Gasteiger partial charge in [-0.3, -0.25) is 0 Å². The van der Waals surface area contributed by atoms with E-state index < -0.39 is 0 Å². The summed E-state index contributed by atoms with van der Waals surface area (Å²) >= 11 is 0. The lowest BCUT2D eigenvalue weighted by atomic mass is 10.0. The smallest absolute Gasteiger partial charge is 0.158 e. The van der Waals surface area contributed by atoms with Crippen molar-refractivity contribution in [3.05, 3.63) is 70.3 Å². The molecule has 1 aliphatic rings. The van der Waals surface area contributed by atoms with Crippen molar-refractivity contribution in [3.8, 4) is 17.9 Å². The van der Waals surface area contributed by atoms with Gasteiger partial charge in [-0.25, -0.2) is 4.98 Å². The van der Waals surface area contributed by atoms with E-state index in [1.54, 1.807) is 30.5 Å². The van der Waals surface area contributed by atoms with Gasteiger partial charge in [0, 0.05) is 24.8 Å². The number of benzene rings is 1. The van der Waals surface area contributed by atoms with Gasteiger partial charge in [0.25, 0.3) is 0 Å². The van der Waals surface area contributed by atoms with Crippen LogP contribution < -0.4 is 4.90 Å². The Bertz CT molecular complexity index is 888. The van der Waals surface area contributed by atoms with Crippen molar-refractivity contribution in [1.29, 1.82) is 5.26 Å². The van der Waals surface area contributed by atoms with Crippen molar-refractivity contribution < 1.29 is 0 Å². The van der Waals surface area contributed by atoms with Gasteiger partial charge in [0.05, 0.1) is 11.6 Å². The van der Waals surface area contributed by atoms with E-state index >= 15 is 0 Å². The molecule has 1 fully saturated rings. The maximum atomic E-state index is 10.9. The van der Waals surface area contributed by atoms with Crippen molar-refractivity contribution >= 4 is 11.5 Å². The summed E-state index contributed by atoms with van der Waals surface area (Å²) in [5.41, 5.74) is 3.20. The normalized spacial score (nSPS) is 13.4. The third kappa shape index (κ3) is 4.10. The summed E-state index contributed by atoms with van der Waals surface area (Å²) in [5, 5.41) is 11.8. The summed E-state index contributed by atoms with van der Waals surface area (Å²) in [5.74, 6) is 6.83. The van der Waals surface area contributed by atoms with E-state index in [2.05, 4.69) is 33.0 Å². The Hall–Kier alpha value is -3.44. The van der Waals surface area contributed by atoms with Crippen LogP contribution in [0.15, 0.2) is 59.4 Å². The molecule has 25 heavy (non-hydrogen) atoms. The van der Waals surface area contributed by atoms with Crippen molar-refractivity contribution in [2.45, 2.75) is 12.8 Å². The Morgan fingerprint density at radius 2 is 1.84 bits per heavy atom. The second-order valence-electron chi connectivity index (χ2n) is 5.69. The van der Waals surface area contributed by atoms with Crippen LogP contribution in [0.2, 0.25) is 0 Å². The van der Waals surface area contributed by atoms with Crippen molar-refractivity contribution in [2.24, 2.45) is 5.18 Å². The molecule has 0 spiro atoms. The fraction of sp³-hybridized carbons (Fsp3) is 0.200. The van der Waals surface area contributed by atoms with Crippen molar-refractivity contribution in [2.75, 3.05) is 18.0 Å². The minimum absolute atomic E-state index is 0.385. The molecule has 1 aromatic heterocycles. The largest absolute Gasteiger partial charge is 0.354 e. The first-order valence-electron chi connectivity index (χ1n) is 8.03. The molecule has 5 heteroatoms. The quantitative estimate of drug-likeness (QED) is 0.619. The van der Waals surface area contributed by atoms with Gasteiger partial charge < -0.3 is 4.90 Å². The predicted octanol–water partition coefficient (Wildman–Crippen LogP) is 3.93. The lowest BCUT2D eigenvalue weighted by Crippen LogP contribution is -2.31. The number of anilines is 1. The average Bonchev–Trinajstić information content (AvgIpc) is 2.69. The Morgan fingerprint density at radius 3 is 2.52 bits per heavy atom. The topological polar surface area (TPSA) is 69.3 Å². The van der Waals surface area contributed by atoms with Crippen LogP contribution in [0.1, 0.15) is 24.0 Å². The summed E-state index contributed by atoms with van der Waals surface area (Å²) in [6.45, 7) is 1.59. The van der Waals surface area contributed by atoms with Crippen LogP contribution in [-0.4, -0.2) is 18.1 Å². The molecule has 0 radical (unpaired) electrons. The summed E-state index contributed by atoms with van der Waals surface area (Å²) in [6.07, 6.45) is 5.42. The highest BCUT2D eigenvalue weighted by Gasteiger charge is 2.18. The molecule has 0 saturated carbocycles. The second-order valence-corrected chi connectivity index (χ2v) is 5.69. The molecule has 0 amide bonds. The molecule has 5 nitrogen and oxygen atoms in total. The van der Waals surface area contributed by atoms with Crippen LogP contribution >= 0.6 is 0 Å². The number of pyridine rings is 1. The van der Waals surface area contributed by atoms with Crippen LogP contribution in [0.5, 0.6) is 0 Å². The number of nitrogens with zero attached hydrogens (tertiary/aromatic N) is 4. The highest BCUT2D eigenvalue weighted by Crippen LogP contribution is 2.28. The van der Waals surface area contributed by atoms with E-state index in [-0.39, 0.29) is 0 Å². The first-order valence-corrected chi connectivity index (χ1v) is 8.03. The van der Waals surface area contributed by atoms with Crippen LogP contribution in [0.3, 0.4) is 0 Å². The Balaban J connectivity index is 1.62. The summed E-state index contributed by atoms with van der Waals surface area (Å²) in [4.78, 5) is 17.2. The molecule has 0 bridgehead atoms. The molecule has 0 atom stereocenters. The van der Waals surface area contributed by atoms with Gasteiger partial charge in [0.2, 0.25) is 0 Å². The summed E-state index contributed by atoms with van der Waals surface area (Å²) in [7, 11) is 0. The van der Waals surface area contributed by atoms with Gasteiger partial charge in [-0.2, -0.15) is 5.26 Å². The lowest BCUT2D eigenvalue weighted by molar-refractivity contribution is 0.678. The van der Waals surface area contributed by atoms with E-state index in [1.807, 2.05) is 18.2 Å². The number of piperidine rings is 1. The maximum absolute atomic E-state index is 10.9. The number of hydrogen-bond donors (Lipinski definition) is 0. The SMILES string of the molecule is N#Cc1ccc(C#CC=C2CCN(c3ncccc3N=O)CC2)cc1. The van der Waals surface area contributed by atoms with E-state index in [9.17, 15) is 4.91 Å². The van der Waals surface area contributed by atoms with Crippen molar-refractivity contribution in [1.82, 2.24) is 4.98 Å². The van der Waals surface area contributed by atoms with Gasteiger partial charge in [0.15, 0.2) is 5.82 Å². The Labute approximate surface area is 146 Å². The maximum Gasteiger partial charge on any atom is 0.158 e. The predicted molar refractivity (Wildman–Crippen MR) is 97.3 cm³/mol. The Morgan fingerprint density at radius 1 is 1.12 bits per heavy atom. The minimum atomic E-state index is 0.385. The Kier molecular flexibility index (Phi) is 5.19. The lowest BCUT2D eigenvalue weighted by Gasteiger charge is -2.29. The van der Waals surface area contributed by atoms with Gasteiger partial charge >= 0.3 is 0 Å². The first-order chi connectivity index (χ1) is 12.3. The fourth-order valence-corrected chi connectivity index (χ4v) is 2.70. The number of nitriles is 1. The molecule has 1 aliphatic heterocycles.